The van der Waals surface area contributed by atoms with E-state index in [9.17, 15) is 14.4 Å². The molecule has 0 fully saturated rings. The van der Waals surface area contributed by atoms with Crippen molar-refractivity contribution in [1.29, 1.82) is 0 Å². The van der Waals surface area contributed by atoms with E-state index in [-0.39, 0.29) is 11.0 Å². The van der Waals surface area contributed by atoms with Crippen molar-refractivity contribution in [1.82, 2.24) is 15.3 Å². The van der Waals surface area contributed by atoms with Crippen LogP contribution in [-0.2, 0) is 16.6 Å². The molecule has 2 aromatic rings. The molecular formula is C20H25N3O5. The summed E-state index contributed by atoms with van der Waals surface area (Å²) >= 11 is 0. The summed E-state index contributed by atoms with van der Waals surface area (Å²) in [5.74, 6) is -0.505. The van der Waals surface area contributed by atoms with Gasteiger partial charge in [0.05, 0.1) is 5.69 Å². The summed E-state index contributed by atoms with van der Waals surface area (Å²) in [5.41, 5.74) is 0.584. The number of nitrogens with zero attached hydrogens (tertiary/aromatic N) is 1. The number of aromatic nitrogens is 2. The fourth-order valence-corrected chi connectivity index (χ4v) is 2.51. The van der Waals surface area contributed by atoms with Gasteiger partial charge in [0, 0.05) is 12.0 Å². The second kappa shape index (κ2) is 8.69. The van der Waals surface area contributed by atoms with Gasteiger partial charge in [-0.3, -0.25) is 9.59 Å². The first-order valence-corrected chi connectivity index (χ1v) is 8.91. The van der Waals surface area contributed by atoms with Crippen LogP contribution in [0.3, 0.4) is 0 Å². The summed E-state index contributed by atoms with van der Waals surface area (Å²) in [7, 11) is 0. The molecule has 1 aromatic carbocycles. The maximum Gasteiger partial charge on any atom is 0.341 e. The Morgan fingerprint density at radius 1 is 1.21 bits per heavy atom. The standard InChI is InChI=1S/C20H25N3O5/c1-12-16(18(27)23-19(22-12)20(2,3)4)17(26)21-10-9-13-5-7-14(8-6-13)28-11-15(24)25/h5-8H,9-11H2,1-4H3,(H,21,26)(H,24,25)(H,22,23,27). The van der Waals surface area contributed by atoms with E-state index in [0.717, 1.165) is 5.56 Å². The highest BCUT2D eigenvalue weighted by molar-refractivity contribution is 5.94. The van der Waals surface area contributed by atoms with Gasteiger partial charge in [0.2, 0.25) is 0 Å². The average molecular weight is 387 g/mol. The lowest BCUT2D eigenvalue weighted by atomic mass is 9.95. The first-order valence-electron chi connectivity index (χ1n) is 8.91. The Kier molecular flexibility index (Phi) is 6.56. The lowest BCUT2D eigenvalue weighted by Crippen LogP contribution is -2.34. The molecule has 3 N–H and O–H groups in total. The normalized spacial score (nSPS) is 11.1. The zero-order valence-electron chi connectivity index (χ0n) is 16.5. The first-order chi connectivity index (χ1) is 13.1. The smallest absolute Gasteiger partial charge is 0.341 e. The summed E-state index contributed by atoms with van der Waals surface area (Å²) in [6.45, 7) is 7.39. The molecule has 8 heteroatoms. The van der Waals surface area contributed by atoms with Crippen molar-refractivity contribution in [3.05, 3.63) is 57.3 Å². The molecule has 0 aliphatic heterocycles. The van der Waals surface area contributed by atoms with Crippen LogP contribution in [0.15, 0.2) is 29.1 Å². The Morgan fingerprint density at radius 2 is 1.86 bits per heavy atom. The number of carbonyl (C=O) groups excluding carboxylic acids is 1. The molecular weight excluding hydrogens is 362 g/mol. The number of hydrogen-bond acceptors (Lipinski definition) is 5. The number of H-pyrrole nitrogens is 1. The van der Waals surface area contributed by atoms with Gasteiger partial charge in [0.25, 0.3) is 11.5 Å². The topological polar surface area (TPSA) is 121 Å². The van der Waals surface area contributed by atoms with Crippen LogP contribution in [0.5, 0.6) is 5.75 Å². The van der Waals surface area contributed by atoms with Crippen molar-refractivity contribution in [2.24, 2.45) is 0 Å². The highest BCUT2D eigenvalue weighted by atomic mass is 16.5. The maximum atomic E-state index is 12.4. The quantitative estimate of drug-likeness (QED) is 0.666. The van der Waals surface area contributed by atoms with Crippen LogP contribution in [0.4, 0.5) is 0 Å². The Labute approximate surface area is 163 Å². The minimum absolute atomic E-state index is 0.0189. The van der Waals surface area contributed by atoms with E-state index >= 15 is 0 Å². The number of ether oxygens (including phenoxy) is 1. The van der Waals surface area contributed by atoms with Crippen LogP contribution < -0.4 is 15.6 Å². The van der Waals surface area contributed by atoms with Crippen LogP contribution in [0.25, 0.3) is 0 Å². The van der Waals surface area contributed by atoms with Crippen molar-refractivity contribution in [3.63, 3.8) is 0 Å². The zero-order chi connectivity index (χ0) is 20.9. The summed E-state index contributed by atoms with van der Waals surface area (Å²) in [6, 6.07) is 6.93. The molecule has 0 saturated carbocycles. The molecule has 0 saturated heterocycles. The number of aromatic amines is 1. The van der Waals surface area contributed by atoms with Crippen molar-refractivity contribution in [2.75, 3.05) is 13.2 Å². The van der Waals surface area contributed by atoms with Crippen LogP contribution in [-0.4, -0.2) is 40.1 Å². The highest BCUT2D eigenvalue weighted by Crippen LogP contribution is 2.17. The van der Waals surface area contributed by atoms with Gasteiger partial charge in [0.1, 0.15) is 17.1 Å². The largest absolute Gasteiger partial charge is 0.482 e. The SMILES string of the molecule is Cc1nc(C(C)(C)C)[nH]c(=O)c1C(=O)NCCc1ccc(OCC(=O)O)cc1. The molecule has 150 valence electrons. The molecule has 1 heterocycles. The maximum absolute atomic E-state index is 12.4. The average Bonchev–Trinajstić information content (AvgIpc) is 2.59. The zero-order valence-corrected chi connectivity index (χ0v) is 16.5. The molecule has 8 nitrogen and oxygen atoms in total. The van der Waals surface area contributed by atoms with E-state index in [1.165, 1.54) is 0 Å². The van der Waals surface area contributed by atoms with Crippen LogP contribution >= 0.6 is 0 Å². The van der Waals surface area contributed by atoms with Crippen molar-refractivity contribution >= 4 is 11.9 Å². The molecule has 0 spiro atoms. The van der Waals surface area contributed by atoms with E-state index in [2.05, 4.69) is 15.3 Å². The predicted octanol–water partition coefficient (Wildman–Crippen LogP) is 1.81. The lowest BCUT2D eigenvalue weighted by Gasteiger charge is -2.18. The molecule has 28 heavy (non-hydrogen) atoms. The van der Waals surface area contributed by atoms with E-state index in [1.54, 1.807) is 31.2 Å². The summed E-state index contributed by atoms with van der Waals surface area (Å²) in [6.07, 6.45) is 0.551. The van der Waals surface area contributed by atoms with Gasteiger partial charge in [-0.2, -0.15) is 0 Å². The number of aryl methyl sites for hydroxylation is 1. The number of nitrogens with one attached hydrogen (secondary N) is 2. The third kappa shape index (κ3) is 5.67. The second-order valence-corrected chi connectivity index (χ2v) is 7.46. The molecule has 0 aliphatic carbocycles. The molecule has 1 aromatic heterocycles. The highest BCUT2D eigenvalue weighted by Gasteiger charge is 2.21. The van der Waals surface area contributed by atoms with Gasteiger partial charge in [0.15, 0.2) is 6.61 Å². The molecule has 2 rings (SSSR count). The Bertz CT molecular complexity index is 911. The van der Waals surface area contributed by atoms with Gasteiger partial charge in [-0.05, 0) is 31.0 Å². The number of aliphatic carboxylic acids is 1. The van der Waals surface area contributed by atoms with Gasteiger partial charge < -0.3 is 20.1 Å². The van der Waals surface area contributed by atoms with E-state index in [0.29, 0.717) is 30.2 Å². The van der Waals surface area contributed by atoms with Gasteiger partial charge >= 0.3 is 5.97 Å². The van der Waals surface area contributed by atoms with Crippen LogP contribution in [0.1, 0.15) is 48.2 Å². The van der Waals surface area contributed by atoms with E-state index < -0.39 is 24.0 Å². The van der Waals surface area contributed by atoms with Crippen molar-refractivity contribution in [2.45, 2.75) is 39.5 Å². The molecule has 0 atom stereocenters. The van der Waals surface area contributed by atoms with Gasteiger partial charge in [-0.15, -0.1) is 0 Å². The van der Waals surface area contributed by atoms with Crippen molar-refractivity contribution in [3.8, 4) is 5.75 Å². The minimum Gasteiger partial charge on any atom is -0.482 e. The molecule has 0 radical (unpaired) electrons. The molecule has 0 unspecified atom stereocenters. The predicted molar refractivity (Wildman–Crippen MR) is 104 cm³/mol. The number of rotatable bonds is 7. The fraction of sp³-hybridized carbons (Fsp3) is 0.400. The van der Waals surface area contributed by atoms with E-state index in [4.69, 9.17) is 9.84 Å². The monoisotopic (exact) mass is 387 g/mol. The molecule has 0 aliphatic rings. The fourth-order valence-electron chi connectivity index (χ4n) is 2.51. The number of hydrogen-bond donors (Lipinski definition) is 3. The molecule has 1 amide bonds. The van der Waals surface area contributed by atoms with Crippen molar-refractivity contribution < 1.29 is 19.4 Å². The number of carbonyl (C=O) groups is 2. The Balaban J connectivity index is 1.96. The summed E-state index contributed by atoms with van der Waals surface area (Å²) < 4.78 is 5.07. The van der Waals surface area contributed by atoms with Crippen LogP contribution in [0, 0.1) is 6.92 Å². The Morgan fingerprint density at radius 3 is 2.39 bits per heavy atom. The van der Waals surface area contributed by atoms with Crippen LogP contribution in [0.2, 0.25) is 0 Å². The van der Waals surface area contributed by atoms with Gasteiger partial charge in [-0.1, -0.05) is 32.9 Å². The molecule has 0 bridgehead atoms. The third-order valence-corrected chi connectivity index (χ3v) is 4.02. The summed E-state index contributed by atoms with van der Waals surface area (Å²) in [4.78, 5) is 42.2. The van der Waals surface area contributed by atoms with Gasteiger partial charge in [-0.25, -0.2) is 9.78 Å². The Hall–Kier alpha value is -3.16. The summed E-state index contributed by atoms with van der Waals surface area (Å²) in [5, 5.41) is 11.3. The second-order valence-electron chi connectivity index (χ2n) is 7.46. The number of benzene rings is 1. The number of carboxylic acids is 1. The number of carboxylic acid groups (broad SMARTS) is 1. The number of amides is 1. The third-order valence-electron chi connectivity index (χ3n) is 4.02. The first kappa shape index (κ1) is 21.1. The minimum atomic E-state index is -1.04. The lowest BCUT2D eigenvalue weighted by molar-refractivity contribution is -0.139. The van der Waals surface area contributed by atoms with E-state index in [1.807, 2.05) is 20.8 Å².